The first-order valence-corrected chi connectivity index (χ1v) is 5.97. The summed E-state index contributed by atoms with van der Waals surface area (Å²) in [6, 6.07) is 0. The van der Waals surface area contributed by atoms with Crippen molar-refractivity contribution in [3.05, 3.63) is 31.5 Å². The van der Waals surface area contributed by atoms with Crippen molar-refractivity contribution in [2.24, 2.45) is 5.92 Å². The number of nitrogens with one attached hydrogen (secondary N) is 1. The molecule has 2 rings (SSSR count). The van der Waals surface area contributed by atoms with Gasteiger partial charge in [-0.15, -0.1) is 0 Å². The second-order valence-electron chi connectivity index (χ2n) is 3.89. The van der Waals surface area contributed by atoms with Crippen LogP contribution < -0.4 is 11.2 Å². The minimum Gasteiger partial charge on any atom is -0.381 e. The number of nitrogens with zero attached hydrogens (tertiary/aromatic N) is 1. The number of aromatic amines is 1. The third-order valence-corrected chi connectivity index (χ3v) is 3.24. The molecule has 1 unspecified atom stereocenters. The van der Waals surface area contributed by atoms with E-state index in [1.165, 1.54) is 10.8 Å². The molecular weight excluding hydrogens is 292 g/mol. The van der Waals surface area contributed by atoms with Gasteiger partial charge in [-0.2, -0.15) is 0 Å². The minimum atomic E-state index is -0.578. The van der Waals surface area contributed by atoms with Crippen molar-refractivity contribution >= 4 is 21.7 Å². The van der Waals surface area contributed by atoms with Crippen LogP contribution in [-0.2, 0) is 16.1 Å². The van der Waals surface area contributed by atoms with E-state index >= 15 is 0 Å². The lowest BCUT2D eigenvalue weighted by molar-refractivity contribution is -0.123. The Balaban J connectivity index is 2.18. The summed E-state index contributed by atoms with van der Waals surface area (Å²) < 4.78 is 6.53. The summed E-state index contributed by atoms with van der Waals surface area (Å²) in [5, 5.41) is 0. The fourth-order valence-corrected chi connectivity index (χ4v) is 2.03. The Kier molecular flexibility index (Phi) is 3.58. The summed E-state index contributed by atoms with van der Waals surface area (Å²) in [5.74, 6) is -0.198. The van der Waals surface area contributed by atoms with Gasteiger partial charge in [0, 0.05) is 18.7 Å². The summed E-state index contributed by atoms with van der Waals surface area (Å²) >= 11 is 3.01. The number of carbonyl (C=O) groups is 1. The highest BCUT2D eigenvalue weighted by atomic mass is 79.9. The molecule has 0 aliphatic carbocycles. The molecule has 1 aromatic rings. The molecule has 1 atom stereocenters. The predicted molar refractivity (Wildman–Crippen MR) is 63.0 cm³/mol. The van der Waals surface area contributed by atoms with Crippen LogP contribution >= 0.6 is 15.9 Å². The van der Waals surface area contributed by atoms with Gasteiger partial charge in [0.2, 0.25) is 0 Å². The monoisotopic (exact) mass is 302 g/mol. The summed E-state index contributed by atoms with van der Waals surface area (Å²) in [5.41, 5.74) is -1.08. The Labute approximate surface area is 105 Å². The zero-order valence-electron chi connectivity index (χ0n) is 8.94. The second-order valence-corrected chi connectivity index (χ2v) is 4.75. The van der Waals surface area contributed by atoms with Gasteiger partial charge in [-0.05, 0) is 22.4 Å². The van der Waals surface area contributed by atoms with Gasteiger partial charge in [0.25, 0.3) is 5.56 Å². The maximum atomic E-state index is 11.8. The average Bonchev–Trinajstić information content (AvgIpc) is 2.79. The van der Waals surface area contributed by atoms with E-state index in [1.54, 1.807) is 0 Å². The van der Waals surface area contributed by atoms with Crippen molar-refractivity contribution in [3.63, 3.8) is 0 Å². The number of halogens is 1. The molecule has 6 nitrogen and oxygen atoms in total. The van der Waals surface area contributed by atoms with Crippen LogP contribution in [0.25, 0.3) is 0 Å². The highest BCUT2D eigenvalue weighted by molar-refractivity contribution is 9.10. The van der Waals surface area contributed by atoms with Gasteiger partial charge in [-0.3, -0.25) is 19.1 Å². The Morgan fingerprint density at radius 3 is 3.00 bits per heavy atom. The van der Waals surface area contributed by atoms with Crippen molar-refractivity contribution in [1.82, 2.24) is 9.55 Å². The first-order valence-electron chi connectivity index (χ1n) is 5.17. The number of ketones is 1. The molecular formula is C10H11BrN2O4. The standard InChI is InChI=1S/C10H11BrN2O4/c11-7-3-13(10(16)12-9(7)15)4-8(14)6-1-2-17-5-6/h3,6H,1-2,4-5H2,(H,12,15,16). The maximum Gasteiger partial charge on any atom is 0.328 e. The summed E-state index contributed by atoms with van der Waals surface area (Å²) in [4.78, 5) is 36.5. The van der Waals surface area contributed by atoms with E-state index in [2.05, 4.69) is 20.9 Å². The fraction of sp³-hybridized carbons (Fsp3) is 0.500. The number of H-pyrrole nitrogens is 1. The molecule has 0 aromatic carbocycles. The van der Waals surface area contributed by atoms with Gasteiger partial charge in [0.05, 0.1) is 17.6 Å². The molecule has 1 aromatic heterocycles. The van der Waals surface area contributed by atoms with E-state index in [0.29, 0.717) is 19.6 Å². The van der Waals surface area contributed by atoms with Gasteiger partial charge in [-0.1, -0.05) is 0 Å². The Hall–Kier alpha value is -1.21. The normalized spacial score (nSPS) is 19.5. The average molecular weight is 303 g/mol. The van der Waals surface area contributed by atoms with E-state index in [0.717, 1.165) is 0 Å². The highest BCUT2D eigenvalue weighted by Crippen LogP contribution is 2.14. The molecule has 1 N–H and O–H groups in total. The summed E-state index contributed by atoms with van der Waals surface area (Å²) in [7, 11) is 0. The Morgan fingerprint density at radius 2 is 2.35 bits per heavy atom. The van der Waals surface area contributed by atoms with Crippen LogP contribution in [0.3, 0.4) is 0 Å². The van der Waals surface area contributed by atoms with E-state index < -0.39 is 11.2 Å². The number of ether oxygens (including phenoxy) is 1. The van der Waals surface area contributed by atoms with Gasteiger partial charge in [0.1, 0.15) is 0 Å². The third-order valence-electron chi connectivity index (χ3n) is 2.68. The molecule has 17 heavy (non-hydrogen) atoms. The lowest BCUT2D eigenvalue weighted by Crippen LogP contribution is -2.33. The zero-order valence-corrected chi connectivity index (χ0v) is 10.5. The predicted octanol–water partition coefficient (Wildman–Crippen LogP) is -0.0953. The molecule has 7 heteroatoms. The van der Waals surface area contributed by atoms with Crippen molar-refractivity contribution < 1.29 is 9.53 Å². The molecule has 1 fully saturated rings. The van der Waals surface area contributed by atoms with Crippen molar-refractivity contribution in [3.8, 4) is 0 Å². The molecule has 0 spiro atoms. The summed E-state index contributed by atoms with van der Waals surface area (Å²) in [6.07, 6.45) is 2.02. The van der Waals surface area contributed by atoms with Gasteiger partial charge >= 0.3 is 5.69 Å². The second kappa shape index (κ2) is 4.97. The van der Waals surface area contributed by atoms with E-state index in [4.69, 9.17) is 4.74 Å². The number of carbonyl (C=O) groups excluding carboxylic acids is 1. The van der Waals surface area contributed by atoms with Crippen LogP contribution in [-0.4, -0.2) is 28.5 Å². The molecule has 0 amide bonds. The summed E-state index contributed by atoms with van der Waals surface area (Å²) in [6.45, 7) is 0.959. The fourth-order valence-electron chi connectivity index (χ4n) is 1.69. The van der Waals surface area contributed by atoms with Crippen LogP contribution in [0.1, 0.15) is 6.42 Å². The lowest BCUT2D eigenvalue weighted by atomic mass is 10.0. The number of hydrogen-bond donors (Lipinski definition) is 1. The van der Waals surface area contributed by atoms with Crippen molar-refractivity contribution in [1.29, 1.82) is 0 Å². The SMILES string of the molecule is O=C(Cn1cc(Br)c(=O)[nH]c1=O)C1CCOC1. The largest absolute Gasteiger partial charge is 0.381 e. The topological polar surface area (TPSA) is 81.2 Å². The molecule has 1 aliphatic heterocycles. The smallest absolute Gasteiger partial charge is 0.328 e. The zero-order chi connectivity index (χ0) is 12.4. The van der Waals surface area contributed by atoms with Crippen LogP contribution in [0.5, 0.6) is 0 Å². The number of rotatable bonds is 3. The minimum absolute atomic E-state index is 0.0394. The lowest BCUT2D eigenvalue weighted by Gasteiger charge is -2.08. The molecule has 92 valence electrons. The molecule has 0 bridgehead atoms. The number of hydrogen-bond acceptors (Lipinski definition) is 4. The van der Waals surface area contributed by atoms with Crippen LogP contribution in [0.2, 0.25) is 0 Å². The Morgan fingerprint density at radius 1 is 1.59 bits per heavy atom. The molecule has 0 saturated carbocycles. The van der Waals surface area contributed by atoms with E-state index in [1.807, 2.05) is 0 Å². The molecule has 0 radical (unpaired) electrons. The first-order chi connectivity index (χ1) is 8.08. The Bertz CT molecular complexity index is 542. The van der Waals surface area contributed by atoms with E-state index in [9.17, 15) is 14.4 Å². The molecule has 1 aliphatic rings. The highest BCUT2D eigenvalue weighted by Gasteiger charge is 2.23. The molecule has 1 saturated heterocycles. The first kappa shape index (κ1) is 12.3. The maximum absolute atomic E-state index is 11.8. The third kappa shape index (κ3) is 2.73. The van der Waals surface area contributed by atoms with Crippen LogP contribution in [0.4, 0.5) is 0 Å². The number of Topliss-reactive ketones (excluding diaryl/α,β-unsaturated/α-hetero) is 1. The van der Waals surface area contributed by atoms with Crippen LogP contribution in [0, 0.1) is 5.92 Å². The van der Waals surface area contributed by atoms with Gasteiger partial charge in [-0.25, -0.2) is 4.79 Å². The van der Waals surface area contributed by atoms with Gasteiger partial charge < -0.3 is 4.74 Å². The van der Waals surface area contributed by atoms with E-state index in [-0.39, 0.29) is 22.7 Å². The quantitative estimate of drug-likeness (QED) is 0.846. The van der Waals surface area contributed by atoms with Crippen molar-refractivity contribution in [2.75, 3.05) is 13.2 Å². The molecule has 2 heterocycles. The van der Waals surface area contributed by atoms with Crippen LogP contribution in [0.15, 0.2) is 20.3 Å². The van der Waals surface area contributed by atoms with Gasteiger partial charge in [0.15, 0.2) is 5.78 Å². The van der Waals surface area contributed by atoms with Crippen molar-refractivity contribution in [2.45, 2.75) is 13.0 Å². The number of aromatic nitrogens is 2.